The molecule has 0 amide bonds. The summed E-state index contributed by atoms with van der Waals surface area (Å²) >= 11 is 6.12. The van der Waals surface area contributed by atoms with Crippen LogP contribution in [0.1, 0.15) is 5.56 Å². The number of halogens is 1. The van der Waals surface area contributed by atoms with Crippen molar-refractivity contribution >= 4 is 11.6 Å². The van der Waals surface area contributed by atoms with Gasteiger partial charge >= 0.3 is 0 Å². The van der Waals surface area contributed by atoms with Crippen LogP contribution in [0.15, 0.2) is 30.9 Å². The zero-order valence-electron chi connectivity index (χ0n) is 8.41. The fraction of sp³-hybridized carbons (Fsp3) is 0.333. The zero-order valence-corrected chi connectivity index (χ0v) is 9.17. The number of hydrogen-bond donors (Lipinski definition) is 0. The molecule has 0 N–H and O–H groups in total. The van der Waals surface area contributed by atoms with Gasteiger partial charge in [0, 0.05) is 17.0 Å². The summed E-state index contributed by atoms with van der Waals surface area (Å²) in [6.07, 6.45) is 2.86. The number of hydrogen-bond acceptors (Lipinski definition) is 2. The van der Waals surface area contributed by atoms with Crippen LogP contribution in [0, 0.1) is 0 Å². The van der Waals surface area contributed by atoms with E-state index >= 15 is 0 Å². The van der Waals surface area contributed by atoms with Crippen molar-refractivity contribution in [1.29, 1.82) is 0 Å². The molecule has 1 aromatic rings. The maximum absolute atomic E-state index is 6.12. The van der Waals surface area contributed by atoms with Gasteiger partial charge in [-0.05, 0) is 12.1 Å². The lowest BCUT2D eigenvalue weighted by atomic mass is 10.1. The average molecular weight is 225 g/mol. The number of epoxide rings is 1. The SMILES string of the molecule is C=CCOc1cccc(Cl)c1CC1CO1. The van der Waals surface area contributed by atoms with Gasteiger partial charge in [0.15, 0.2) is 0 Å². The van der Waals surface area contributed by atoms with Crippen LogP contribution in [-0.4, -0.2) is 19.3 Å². The molecule has 1 aliphatic heterocycles. The van der Waals surface area contributed by atoms with Crippen molar-refractivity contribution in [2.75, 3.05) is 13.2 Å². The van der Waals surface area contributed by atoms with E-state index in [0.29, 0.717) is 12.7 Å². The summed E-state index contributed by atoms with van der Waals surface area (Å²) in [5, 5.41) is 0.743. The van der Waals surface area contributed by atoms with E-state index in [1.54, 1.807) is 6.08 Å². The molecule has 1 saturated heterocycles. The van der Waals surface area contributed by atoms with Crippen molar-refractivity contribution in [2.24, 2.45) is 0 Å². The summed E-state index contributed by atoms with van der Waals surface area (Å²) in [4.78, 5) is 0. The van der Waals surface area contributed by atoms with E-state index in [9.17, 15) is 0 Å². The molecule has 1 aromatic carbocycles. The predicted octanol–water partition coefficient (Wildman–Crippen LogP) is 2.85. The van der Waals surface area contributed by atoms with Crippen LogP contribution in [0.4, 0.5) is 0 Å². The summed E-state index contributed by atoms with van der Waals surface area (Å²) in [6, 6.07) is 5.69. The van der Waals surface area contributed by atoms with E-state index in [-0.39, 0.29) is 0 Å². The molecule has 1 fully saturated rings. The Bertz CT molecular complexity index is 359. The highest BCUT2D eigenvalue weighted by Gasteiger charge is 2.25. The smallest absolute Gasteiger partial charge is 0.124 e. The molecule has 15 heavy (non-hydrogen) atoms. The van der Waals surface area contributed by atoms with Crippen LogP contribution in [-0.2, 0) is 11.2 Å². The van der Waals surface area contributed by atoms with Gasteiger partial charge in [-0.2, -0.15) is 0 Å². The van der Waals surface area contributed by atoms with Gasteiger partial charge in [-0.25, -0.2) is 0 Å². The van der Waals surface area contributed by atoms with Crippen molar-refractivity contribution < 1.29 is 9.47 Å². The van der Waals surface area contributed by atoms with Gasteiger partial charge in [-0.3, -0.25) is 0 Å². The average Bonchev–Trinajstić information content (AvgIpc) is 3.03. The number of rotatable bonds is 5. The van der Waals surface area contributed by atoms with Crippen molar-refractivity contribution in [2.45, 2.75) is 12.5 Å². The van der Waals surface area contributed by atoms with Gasteiger partial charge in [0.25, 0.3) is 0 Å². The molecule has 0 saturated carbocycles. The van der Waals surface area contributed by atoms with Crippen LogP contribution >= 0.6 is 11.6 Å². The van der Waals surface area contributed by atoms with E-state index in [0.717, 1.165) is 29.4 Å². The first-order valence-corrected chi connectivity index (χ1v) is 5.31. The highest BCUT2D eigenvalue weighted by molar-refractivity contribution is 6.31. The second-order valence-corrected chi connectivity index (χ2v) is 3.88. The molecule has 1 unspecified atom stereocenters. The minimum absolute atomic E-state index is 0.316. The first kappa shape index (κ1) is 10.5. The Morgan fingerprint density at radius 1 is 1.60 bits per heavy atom. The molecule has 0 radical (unpaired) electrons. The van der Waals surface area contributed by atoms with Gasteiger partial charge < -0.3 is 9.47 Å². The maximum atomic E-state index is 6.12. The first-order chi connectivity index (χ1) is 7.31. The molecule has 80 valence electrons. The third-order valence-corrected chi connectivity index (χ3v) is 2.62. The van der Waals surface area contributed by atoms with Gasteiger partial charge in [0.2, 0.25) is 0 Å². The lowest BCUT2D eigenvalue weighted by Gasteiger charge is -2.10. The Labute approximate surface area is 94.5 Å². The molecular weight excluding hydrogens is 212 g/mol. The highest BCUT2D eigenvalue weighted by atomic mass is 35.5. The lowest BCUT2D eigenvalue weighted by molar-refractivity contribution is 0.354. The molecule has 1 heterocycles. The Morgan fingerprint density at radius 3 is 3.07 bits per heavy atom. The quantitative estimate of drug-likeness (QED) is 0.567. The fourth-order valence-electron chi connectivity index (χ4n) is 1.43. The first-order valence-electron chi connectivity index (χ1n) is 4.94. The zero-order chi connectivity index (χ0) is 10.7. The molecule has 0 aliphatic carbocycles. The van der Waals surface area contributed by atoms with Crippen LogP contribution in [0.25, 0.3) is 0 Å². The normalized spacial score (nSPS) is 18.6. The van der Waals surface area contributed by atoms with Crippen LogP contribution in [0.3, 0.4) is 0 Å². The molecule has 3 heteroatoms. The van der Waals surface area contributed by atoms with E-state index in [2.05, 4.69) is 6.58 Å². The third kappa shape index (κ3) is 2.74. The monoisotopic (exact) mass is 224 g/mol. The Balaban J connectivity index is 2.17. The fourth-order valence-corrected chi connectivity index (χ4v) is 1.68. The molecule has 0 spiro atoms. The minimum Gasteiger partial charge on any atom is -0.489 e. The summed E-state index contributed by atoms with van der Waals surface area (Å²) in [5.41, 5.74) is 1.03. The Hall–Kier alpha value is -0.990. The van der Waals surface area contributed by atoms with E-state index in [1.807, 2.05) is 18.2 Å². The second-order valence-electron chi connectivity index (χ2n) is 3.48. The van der Waals surface area contributed by atoms with Crippen LogP contribution < -0.4 is 4.74 Å². The second kappa shape index (κ2) is 4.69. The summed E-state index contributed by atoms with van der Waals surface area (Å²) in [5.74, 6) is 0.831. The Kier molecular flexibility index (Phi) is 3.29. The van der Waals surface area contributed by atoms with Crippen molar-refractivity contribution in [3.05, 3.63) is 41.4 Å². The molecule has 2 nitrogen and oxygen atoms in total. The maximum Gasteiger partial charge on any atom is 0.124 e. The molecule has 1 aliphatic rings. The van der Waals surface area contributed by atoms with E-state index in [1.165, 1.54) is 0 Å². The highest BCUT2D eigenvalue weighted by Crippen LogP contribution is 2.30. The number of ether oxygens (including phenoxy) is 2. The van der Waals surface area contributed by atoms with E-state index < -0.39 is 0 Å². The molecule has 0 aromatic heterocycles. The summed E-state index contributed by atoms with van der Waals surface area (Å²) < 4.78 is 10.7. The van der Waals surface area contributed by atoms with Gasteiger partial charge in [-0.15, -0.1) is 0 Å². The van der Waals surface area contributed by atoms with Gasteiger partial charge in [0.1, 0.15) is 12.4 Å². The lowest BCUT2D eigenvalue weighted by Crippen LogP contribution is -2.01. The Morgan fingerprint density at radius 2 is 2.40 bits per heavy atom. The van der Waals surface area contributed by atoms with E-state index in [4.69, 9.17) is 21.1 Å². The molecular formula is C12H13ClO2. The molecule has 2 rings (SSSR count). The topological polar surface area (TPSA) is 21.8 Å². The third-order valence-electron chi connectivity index (χ3n) is 2.27. The summed E-state index contributed by atoms with van der Waals surface area (Å²) in [6.45, 7) is 4.94. The standard InChI is InChI=1S/C12H13ClO2/c1-2-6-14-12-5-3-4-11(13)10(12)7-9-8-15-9/h2-5,9H,1,6-8H2. The van der Waals surface area contributed by atoms with Crippen molar-refractivity contribution in [1.82, 2.24) is 0 Å². The largest absolute Gasteiger partial charge is 0.489 e. The van der Waals surface area contributed by atoms with Gasteiger partial charge in [-0.1, -0.05) is 30.3 Å². The summed E-state index contributed by atoms with van der Waals surface area (Å²) in [7, 11) is 0. The number of benzene rings is 1. The minimum atomic E-state index is 0.316. The van der Waals surface area contributed by atoms with Crippen LogP contribution in [0.2, 0.25) is 5.02 Å². The predicted molar refractivity (Wildman–Crippen MR) is 60.6 cm³/mol. The van der Waals surface area contributed by atoms with Gasteiger partial charge in [0.05, 0.1) is 12.7 Å². The van der Waals surface area contributed by atoms with Crippen molar-refractivity contribution in [3.8, 4) is 5.75 Å². The molecule has 0 bridgehead atoms. The van der Waals surface area contributed by atoms with Crippen molar-refractivity contribution in [3.63, 3.8) is 0 Å². The van der Waals surface area contributed by atoms with Crippen LogP contribution in [0.5, 0.6) is 5.75 Å². The molecule has 1 atom stereocenters.